The van der Waals surface area contributed by atoms with E-state index in [0.717, 1.165) is 31.2 Å². The molecule has 2 heterocycles. The van der Waals surface area contributed by atoms with Crippen LogP contribution in [0.2, 0.25) is 0 Å². The minimum Gasteiger partial charge on any atom is -0.393 e. The van der Waals surface area contributed by atoms with Gasteiger partial charge in [0.15, 0.2) is 0 Å². The molecule has 0 spiro atoms. The van der Waals surface area contributed by atoms with Crippen molar-refractivity contribution in [2.45, 2.75) is 51.2 Å². The third kappa shape index (κ3) is 4.03. The molecular weight excluding hydrogens is 316 g/mol. The molecule has 0 aromatic heterocycles. The van der Waals surface area contributed by atoms with Crippen molar-refractivity contribution in [2.24, 2.45) is 5.92 Å². The van der Waals surface area contributed by atoms with E-state index in [1.54, 1.807) is 11.8 Å². The molecule has 1 N–H and O–H groups in total. The van der Waals surface area contributed by atoms with E-state index >= 15 is 0 Å². The fraction of sp³-hybridized carbons (Fsp3) is 0.600. The fourth-order valence-corrected chi connectivity index (χ4v) is 3.97. The molecule has 136 valence electrons. The summed E-state index contributed by atoms with van der Waals surface area (Å²) in [4.78, 5) is 29.5. The summed E-state index contributed by atoms with van der Waals surface area (Å²) in [6, 6.07) is 9.08. The van der Waals surface area contributed by atoms with Crippen molar-refractivity contribution in [1.29, 1.82) is 0 Å². The lowest BCUT2D eigenvalue weighted by Gasteiger charge is -2.40. The van der Waals surface area contributed by atoms with Gasteiger partial charge in [0.05, 0.1) is 6.10 Å². The van der Waals surface area contributed by atoms with E-state index < -0.39 is 12.1 Å². The quantitative estimate of drug-likeness (QED) is 0.912. The smallest absolute Gasteiger partial charge is 0.250 e. The van der Waals surface area contributed by atoms with Crippen molar-refractivity contribution in [1.82, 2.24) is 9.80 Å². The van der Waals surface area contributed by atoms with Crippen LogP contribution in [0.1, 0.15) is 50.6 Å². The number of carbonyl (C=O) groups excluding carboxylic acids is 2. The van der Waals surface area contributed by atoms with Gasteiger partial charge in [0, 0.05) is 32.0 Å². The lowest BCUT2D eigenvalue weighted by Crippen LogP contribution is -2.50. The number of nitrogens with zero attached hydrogens (tertiary/aromatic N) is 2. The molecule has 0 radical (unpaired) electrons. The van der Waals surface area contributed by atoms with Gasteiger partial charge >= 0.3 is 0 Å². The van der Waals surface area contributed by atoms with Crippen LogP contribution in [0.4, 0.5) is 0 Å². The zero-order chi connectivity index (χ0) is 17.8. The molecule has 0 saturated carbocycles. The molecule has 2 amide bonds. The van der Waals surface area contributed by atoms with Crippen molar-refractivity contribution < 1.29 is 14.7 Å². The normalized spacial score (nSPS) is 24.1. The van der Waals surface area contributed by atoms with Gasteiger partial charge in [-0.1, -0.05) is 30.3 Å². The van der Waals surface area contributed by atoms with Crippen LogP contribution < -0.4 is 0 Å². The minimum absolute atomic E-state index is 0.00759. The van der Waals surface area contributed by atoms with E-state index in [2.05, 4.69) is 0 Å². The molecule has 0 bridgehead atoms. The van der Waals surface area contributed by atoms with Gasteiger partial charge in [-0.15, -0.1) is 0 Å². The van der Waals surface area contributed by atoms with Crippen molar-refractivity contribution in [3.8, 4) is 0 Å². The van der Waals surface area contributed by atoms with Crippen molar-refractivity contribution in [3.63, 3.8) is 0 Å². The van der Waals surface area contributed by atoms with E-state index in [9.17, 15) is 14.7 Å². The van der Waals surface area contributed by atoms with Crippen LogP contribution in [0, 0.1) is 5.92 Å². The summed E-state index contributed by atoms with van der Waals surface area (Å²) < 4.78 is 0. The maximum atomic E-state index is 13.4. The Balaban J connectivity index is 1.86. The third-order valence-electron chi connectivity index (χ3n) is 5.47. The summed E-state index contributed by atoms with van der Waals surface area (Å²) in [6.07, 6.45) is 3.80. The van der Waals surface area contributed by atoms with Crippen LogP contribution in [0.25, 0.3) is 0 Å². The first kappa shape index (κ1) is 17.9. The Bertz CT molecular complexity index is 602. The van der Waals surface area contributed by atoms with Crippen LogP contribution in [0.5, 0.6) is 0 Å². The Morgan fingerprint density at radius 1 is 1.16 bits per heavy atom. The van der Waals surface area contributed by atoms with Crippen molar-refractivity contribution in [2.75, 3.05) is 19.6 Å². The minimum atomic E-state index is -0.540. The average Bonchev–Trinajstić information content (AvgIpc) is 2.64. The summed E-state index contributed by atoms with van der Waals surface area (Å²) >= 11 is 0. The van der Waals surface area contributed by atoms with Crippen LogP contribution in [-0.2, 0) is 9.59 Å². The topological polar surface area (TPSA) is 60.9 Å². The van der Waals surface area contributed by atoms with Gasteiger partial charge in [0.25, 0.3) is 0 Å². The number of aliphatic hydroxyl groups excluding tert-OH is 1. The van der Waals surface area contributed by atoms with Crippen molar-refractivity contribution >= 4 is 11.8 Å². The third-order valence-corrected chi connectivity index (χ3v) is 5.47. The summed E-state index contributed by atoms with van der Waals surface area (Å²) in [5.74, 6) is 0.176. The number of aliphatic hydroxyl groups is 1. The maximum absolute atomic E-state index is 13.4. The van der Waals surface area contributed by atoms with E-state index in [1.807, 2.05) is 35.2 Å². The van der Waals surface area contributed by atoms with Crippen LogP contribution in [0.3, 0.4) is 0 Å². The maximum Gasteiger partial charge on any atom is 0.250 e. The SMILES string of the molecule is CC(O)C1CCCN(C(=O)C(c2ccccc2)N2CCCCC2=O)C1. The van der Waals surface area contributed by atoms with E-state index in [1.165, 1.54) is 0 Å². The molecule has 2 fully saturated rings. The van der Waals surface area contributed by atoms with Crippen LogP contribution in [-0.4, -0.2) is 52.5 Å². The van der Waals surface area contributed by atoms with Crippen LogP contribution >= 0.6 is 0 Å². The van der Waals surface area contributed by atoms with Gasteiger partial charge in [-0.05, 0) is 38.2 Å². The van der Waals surface area contributed by atoms with Gasteiger partial charge in [0.1, 0.15) is 6.04 Å². The fourth-order valence-electron chi connectivity index (χ4n) is 3.97. The highest BCUT2D eigenvalue weighted by Gasteiger charge is 2.37. The summed E-state index contributed by atoms with van der Waals surface area (Å²) in [5.41, 5.74) is 0.877. The molecule has 2 aliphatic rings. The van der Waals surface area contributed by atoms with Gasteiger partial charge in [-0.3, -0.25) is 9.59 Å². The molecule has 0 aliphatic carbocycles. The molecule has 3 rings (SSSR count). The average molecular weight is 344 g/mol. The van der Waals surface area contributed by atoms with Crippen molar-refractivity contribution in [3.05, 3.63) is 35.9 Å². The molecule has 3 atom stereocenters. The standard InChI is InChI=1S/C20H28N2O3/c1-15(23)17-10-7-12-21(14-17)20(25)19(16-8-3-2-4-9-16)22-13-6-5-11-18(22)24/h2-4,8-9,15,17,19,23H,5-7,10-14H2,1H3. The molecule has 25 heavy (non-hydrogen) atoms. The number of carbonyl (C=O) groups is 2. The van der Waals surface area contributed by atoms with E-state index in [-0.39, 0.29) is 17.7 Å². The second-order valence-corrected chi connectivity index (χ2v) is 7.28. The highest BCUT2D eigenvalue weighted by Crippen LogP contribution is 2.30. The Labute approximate surface area is 149 Å². The number of benzene rings is 1. The van der Waals surface area contributed by atoms with Gasteiger partial charge in [-0.25, -0.2) is 0 Å². The lowest BCUT2D eigenvalue weighted by molar-refractivity contribution is -0.149. The number of amides is 2. The molecule has 1 aromatic rings. The summed E-state index contributed by atoms with van der Waals surface area (Å²) in [5, 5.41) is 9.92. The first-order valence-electron chi connectivity index (χ1n) is 9.39. The number of rotatable bonds is 4. The van der Waals surface area contributed by atoms with Gasteiger partial charge < -0.3 is 14.9 Å². The largest absolute Gasteiger partial charge is 0.393 e. The summed E-state index contributed by atoms with van der Waals surface area (Å²) in [7, 11) is 0. The predicted octanol–water partition coefficient (Wildman–Crippen LogP) is 2.36. The van der Waals surface area contributed by atoms with E-state index in [4.69, 9.17) is 0 Å². The Kier molecular flexibility index (Phi) is 5.74. The Morgan fingerprint density at radius 2 is 1.92 bits per heavy atom. The molecular formula is C20H28N2O3. The zero-order valence-electron chi connectivity index (χ0n) is 14.9. The zero-order valence-corrected chi connectivity index (χ0v) is 14.9. The van der Waals surface area contributed by atoms with Crippen LogP contribution in [0.15, 0.2) is 30.3 Å². The second-order valence-electron chi connectivity index (χ2n) is 7.28. The monoisotopic (exact) mass is 344 g/mol. The molecule has 3 unspecified atom stereocenters. The molecule has 2 aliphatic heterocycles. The Hall–Kier alpha value is -1.88. The predicted molar refractivity (Wildman–Crippen MR) is 95.7 cm³/mol. The summed E-state index contributed by atoms with van der Waals surface area (Å²) in [6.45, 7) is 3.70. The Morgan fingerprint density at radius 3 is 2.60 bits per heavy atom. The van der Waals surface area contributed by atoms with Gasteiger partial charge in [-0.2, -0.15) is 0 Å². The molecule has 1 aromatic carbocycles. The van der Waals surface area contributed by atoms with Gasteiger partial charge in [0.2, 0.25) is 11.8 Å². The number of hydrogen-bond donors (Lipinski definition) is 1. The first-order chi connectivity index (χ1) is 12.1. The lowest BCUT2D eigenvalue weighted by atomic mass is 9.92. The molecule has 5 heteroatoms. The highest BCUT2D eigenvalue weighted by atomic mass is 16.3. The second kappa shape index (κ2) is 8.00. The first-order valence-corrected chi connectivity index (χ1v) is 9.39. The number of likely N-dealkylation sites (tertiary alicyclic amines) is 2. The molecule has 5 nitrogen and oxygen atoms in total. The highest BCUT2D eigenvalue weighted by molar-refractivity contribution is 5.89. The molecule has 2 saturated heterocycles. The van der Waals surface area contributed by atoms with E-state index in [0.29, 0.717) is 26.1 Å². The number of hydrogen-bond acceptors (Lipinski definition) is 3. The number of piperidine rings is 2.